The van der Waals surface area contributed by atoms with Crippen LogP contribution in [0.1, 0.15) is 43.4 Å². The summed E-state index contributed by atoms with van der Waals surface area (Å²) in [6, 6.07) is 11.0. The molecule has 2 aromatic carbocycles. The largest absolute Gasteiger partial charge is 0.481 e. The first-order valence-corrected chi connectivity index (χ1v) is 12.8. The van der Waals surface area contributed by atoms with E-state index in [2.05, 4.69) is 24.1 Å². The van der Waals surface area contributed by atoms with E-state index in [0.29, 0.717) is 43.2 Å². The van der Waals surface area contributed by atoms with Crippen LogP contribution in [0.2, 0.25) is 0 Å². The average molecular weight is 474 g/mol. The average Bonchev–Trinajstić information content (AvgIpc) is 2.75. The Labute approximate surface area is 197 Å². The maximum absolute atomic E-state index is 13.2. The number of sulfonamides is 1. The highest BCUT2D eigenvalue weighted by molar-refractivity contribution is 7.89. The van der Waals surface area contributed by atoms with Gasteiger partial charge in [-0.15, -0.1) is 0 Å². The zero-order valence-electron chi connectivity index (χ0n) is 20.4. The summed E-state index contributed by atoms with van der Waals surface area (Å²) in [6.07, 6.45) is -0.747. The maximum Gasteiger partial charge on any atom is 0.265 e. The van der Waals surface area contributed by atoms with Gasteiger partial charge >= 0.3 is 0 Å². The van der Waals surface area contributed by atoms with Gasteiger partial charge in [0.05, 0.1) is 4.90 Å². The molecule has 1 heterocycles. The molecule has 180 valence electrons. The van der Waals surface area contributed by atoms with E-state index in [9.17, 15) is 13.2 Å². The van der Waals surface area contributed by atoms with Crippen molar-refractivity contribution in [3.63, 3.8) is 0 Å². The lowest BCUT2D eigenvalue weighted by Gasteiger charge is -2.32. The van der Waals surface area contributed by atoms with Crippen LogP contribution in [0.5, 0.6) is 5.75 Å². The quantitative estimate of drug-likeness (QED) is 0.662. The number of rotatable bonds is 7. The van der Waals surface area contributed by atoms with Gasteiger partial charge in [0.25, 0.3) is 5.91 Å². The number of aryl methyl sites for hydroxylation is 2. The summed E-state index contributed by atoms with van der Waals surface area (Å²) in [5, 5.41) is 2.82. The van der Waals surface area contributed by atoms with Crippen molar-refractivity contribution >= 4 is 21.6 Å². The van der Waals surface area contributed by atoms with Gasteiger partial charge in [0, 0.05) is 31.9 Å². The number of anilines is 1. The number of ether oxygens (including phenoxy) is 1. The highest BCUT2D eigenvalue weighted by Crippen LogP contribution is 2.29. The molecule has 33 heavy (non-hydrogen) atoms. The number of piperazine rings is 1. The summed E-state index contributed by atoms with van der Waals surface area (Å²) in [7, 11) is -1.66. The minimum Gasteiger partial charge on any atom is -0.481 e. The lowest BCUT2D eigenvalue weighted by molar-refractivity contribution is -0.122. The van der Waals surface area contributed by atoms with Crippen LogP contribution >= 0.6 is 0 Å². The predicted octanol–water partition coefficient (Wildman–Crippen LogP) is 3.77. The molecule has 0 radical (unpaired) electrons. The molecular weight excluding hydrogens is 438 g/mol. The predicted molar refractivity (Wildman–Crippen MR) is 131 cm³/mol. The Hall–Kier alpha value is -2.42. The van der Waals surface area contributed by atoms with Crippen LogP contribution in [0, 0.1) is 13.8 Å². The van der Waals surface area contributed by atoms with Crippen LogP contribution < -0.4 is 10.1 Å². The number of carbonyl (C=O) groups excluding carboxylic acids is 1. The molecule has 1 N–H and O–H groups in total. The van der Waals surface area contributed by atoms with Gasteiger partial charge in [0.1, 0.15) is 5.75 Å². The zero-order valence-corrected chi connectivity index (χ0v) is 21.2. The summed E-state index contributed by atoms with van der Waals surface area (Å²) in [4.78, 5) is 15.2. The maximum atomic E-state index is 13.2. The molecule has 7 nitrogen and oxygen atoms in total. The molecule has 0 aromatic heterocycles. The fourth-order valence-corrected chi connectivity index (χ4v) is 5.50. The van der Waals surface area contributed by atoms with E-state index >= 15 is 0 Å². The fraction of sp³-hybridized carbons (Fsp3) is 0.480. The molecule has 0 bridgehead atoms. The molecule has 0 aliphatic carbocycles. The van der Waals surface area contributed by atoms with Gasteiger partial charge in [-0.1, -0.05) is 32.0 Å². The Morgan fingerprint density at radius 1 is 1.00 bits per heavy atom. The molecule has 1 saturated heterocycles. The van der Waals surface area contributed by atoms with Crippen molar-refractivity contribution in [1.29, 1.82) is 0 Å². The Morgan fingerprint density at radius 2 is 1.67 bits per heavy atom. The van der Waals surface area contributed by atoms with Crippen LogP contribution in [0.4, 0.5) is 5.69 Å². The number of likely N-dealkylation sites (N-methyl/N-ethyl adjacent to an activating group) is 1. The molecule has 1 amide bonds. The molecule has 1 aliphatic rings. The molecule has 0 spiro atoms. The molecule has 3 rings (SSSR count). The van der Waals surface area contributed by atoms with Crippen molar-refractivity contribution in [3.8, 4) is 5.75 Å². The molecule has 0 saturated carbocycles. The first-order valence-electron chi connectivity index (χ1n) is 11.4. The third-order valence-electron chi connectivity index (χ3n) is 6.00. The molecule has 1 aliphatic heterocycles. The van der Waals surface area contributed by atoms with Gasteiger partial charge in [0.15, 0.2) is 6.10 Å². The van der Waals surface area contributed by atoms with Crippen molar-refractivity contribution < 1.29 is 17.9 Å². The minimum absolute atomic E-state index is 0.221. The second-order valence-electron chi connectivity index (χ2n) is 9.13. The van der Waals surface area contributed by atoms with Crippen molar-refractivity contribution in [3.05, 3.63) is 53.1 Å². The normalized spacial score (nSPS) is 16.6. The number of benzene rings is 2. The van der Waals surface area contributed by atoms with Crippen LogP contribution in [0.15, 0.2) is 41.3 Å². The summed E-state index contributed by atoms with van der Waals surface area (Å²) < 4.78 is 34.0. The van der Waals surface area contributed by atoms with E-state index in [1.165, 1.54) is 4.31 Å². The van der Waals surface area contributed by atoms with Crippen molar-refractivity contribution in [2.45, 2.75) is 51.5 Å². The standard InChI is InChI=1S/C25H35N3O4S/c1-17(2)22-10-7-18(3)15-23(22)32-20(5)25(29)26-21-9-8-19(4)24(16-21)33(30,31)28-13-11-27(6)12-14-28/h7-10,15-17,20H,11-14H2,1-6H3,(H,26,29). The van der Waals surface area contributed by atoms with E-state index in [0.717, 1.165) is 11.1 Å². The summed E-state index contributed by atoms with van der Waals surface area (Å²) in [5.74, 6) is 0.614. The molecule has 1 unspecified atom stereocenters. The van der Waals surface area contributed by atoms with Gasteiger partial charge in [0.2, 0.25) is 10.0 Å². The van der Waals surface area contributed by atoms with Gasteiger partial charge in [-0.3, -0.25) is 4.79 Å². The summed E-state index contributed by atoms with van der Waals surface area (Å²) in [5.41, 5.74) is 3.18. The van der Waals surface area contributed by atoms with E-state index < -0.39 is 16.1 Å². The van der Waals surface area contributed by atoms with Gasteiger partial charge in [-0.25, -0.2) is 8.42 Å². The fourth-order valence-electron chi connectivity index (χ4n) is 3.83. The van der Waals surface area contributed by atoms with Crippen LogP contribution in [0.3, 0.4) is 0 Å². The molecule has 1 fully saturated rings. The van der Waals surface area contributed by atoms with Crippen molar-refractivity contribution in [2.24, 2.45) is 0 Å². The van der Waals surface area contributed by atoms with Crippen LogP contribution in [-0.4, -0.2) is 62.9 Å². The van der Waals surface area contributed by atoms with Crippen LogP contribution in [-0.2, 0) is 14.8 Å². The first-order chi connectivity index (χ1) is 15.5. The molecule has 2 aromatic rings. The second-order valence-corrected chi connectivity index (χ2v) is 11.0. The number of nitrogens with one attached hydrogen (secondary N) is 1. The Morgan fingerprint density at radius 3 is 2.30 bits per heavy atom. The second kappa shape index (κ2) is 10.2. The van der Waals surface area contributed by atoms with E-state index in [1.807, 2.05) is 32.2 Å². The Balaban J connectivity index is 1.76. The van der Waals surface area contributed by atoms with Gasteiger partial charge in [-0.05, 0) is 68.6 Å². The third-order valence-corrected chi connectivity index (χ3v) is 8.04. The summed E-state index contributed by atoms with van der Waals surface area (Å²) >= 11 is 0. The lowest BCUT2D eigenvalue weighted by Crippen LogP contribution is -2.47. The number of hydrogen-bond donors (Lipinski definition) is 1. The van der Waals surface area contributed by atoms with Crippen molar-refractivity contribution in [2.75, 3.05) is 38.5 Å². The molecule has 1 atom stereocenters. The minimum atomic E-state index is -3.64. The van der Waals surface area contributed by atoms with E-state index in [1.54, 1.807) is 32.0 Å². The van der Waals surface area contributed by atoms with Crippen molar-refractivity contribution in [1.82, 2.24) is 9.21 Å². The molecule has 8 heteroatoms. The van der Waals surface area contributed by atoms with Crippen LogP contribution in [0.25, 0.3) is 0 Å². The number of carbonyl (C=O) groups is 1. The first kappa shape index (κ1) is 25.2. The topological polar surface area (TPSA) is 78.9 Å². The molecular formula is C25H35N3O4S. The van der Waals surface area contributed by atoms with Gasteiger partial charge < -0.3 is 15.0 Å². The number of amides is 1. The highest BCUT2D eigenvalue weighted by Gasteiger charge is 2.29. The van der Waals surface area contributed by atoms with E-state index in [-0.39, 0.29) is 16.7 Å². The Kier molecular flexibility index (Phi) is 7.82. The third kappa shape index (κ3) is 5.93. The summed E-state index contributed by atoms with van der Waals surface area (Å²) in [6.45, 7) is 11.9. The Bertz CT molecular complexity index is 1110. The smallest absolute Gasteiger partial charge is 0.265 e. The monoisotopic (exact) mass is 473 g/mol. The van der Waals surface area contributed by atoms with E-state index in [4.69, 9.17) is 4.74 Å². The number of hydrogen-bond acceptors (Lipinski definition) is 5. The number of nitrogens with zero attached hydrogens (tertiary/aromatic N) is 2. The SMILES string of the molecule is Cc1ccc(C(C)C)c(OC(C)C(=O)Nc2ccc(C)c(S(=O)(=O)N3CCN(C)CC3)c2)c1. The zero-order chi connectivity index (χ0) is 24.3. The lowest BCUT2D eigenvalue weighted by atomic mass is 10.0. The highest BCUT2D eigenvalue weighted by atomic mass is 32.2. The van der Waals surface area contributed by atoms with Gasteiger partial charge in [-0.2, -0.15) is 4.31 Å².